The number of hydrogen-bond acceptors (Lipinski definition) is 2. The van der Waals surface area contributed by atoms with E-state index in [4.69, 9.17) is 9.31 Å². The van der Waals surface area contributed by atoms with E-state index in [1.807, 2.05) is 0 Å². The molecule has 1 aromatic carbocycles. The fraction of sp³-hybridized carbons (Fsp3) is 0.478. The SMILES string of the molecule is CC1(C)C(C2=CC=CC(B3OC(C)(C)C(C)(C)O3)C2)=Cc2ccccc21. The minimum atomic E-state index is -0.283. The van der Waals surface area contributed by atoms with Gasteiger partial charge in [0.25, 0.3) is 0 Å². The Labute approximate surface area is 158 Å². The van der Waals surface area contributed by atoms with Crippen LogP contribution >= 0.6 is 0 Å². The molecule has 0 N–H and O–H groups in total. The van der Waals surface area contributed by atoms with Gasteiger partial charge in [0.2, 0.25) is 0 Å². The van der Waals surface area contributed by atoms with Gasteiger partial charge in [-0.1, -0.05) is 62.4 Å². The minimum Gasteiger partial charge on any atom is -0.403 e. The molecule has 3 aliphatic rings. The first-order valence-corrected chi connectivity index (χ1v) is 9.67. The van der Waals surface area contributed by atoms with Crippen molar-refractivity contribution in [1.29, 1.82) is 0 Å². The number of rotatable bonds is 2. The largest absolute Gasteiger partial charge is 0.465 e. The van der Waals surface area contributed by atoms with Crippen LogP contribution < -0.4 is 0 Å². The Morgan fingerprint density at radius 1 is 0.962 bits per heavy atom. The first-order chi connectivity index (χ1) is 12.1. The first kappa shape index (κ1) is 17.8. The second-order valence-electron chi connectivity index (χ2n) is 9.34. The topological polar surface area (TPSA) is 18.5 Å². The molecule has 2 nitrogen and oxygen atoms in total. The lowest BCUT2D eigenvalue weighted by molar-refractivity contribution is 0.00578. The van der Waals surface area contributed by atoms with E-state index in [2.05, 4.69) is 90.1 Å². The number of benzene rings is 1. The third-order valence-corrected chi connectivity index (χ3v) is 6.69. The maximum absolute atomic E-state index is 6.31. The van der Waals surface area contributed by atoms with Crippen LogP contribution in [-0.4, -0.2) is 18.3 Å². The molecule has 136 valence electrons. The van der Waals surface area contributed by atoms with Gasteiger partial charge in [-0.15, -0.1) is 0 Å². The molecule has 0 bridgehead atoms. The van der Waals surface area contributed by atoms with Crippen LogP contribution in [0, 0.1) is 0 Å². The van der Waals surface area contributed by atoms with Crippen molar-refractivity contribution in [3.8, 4) is 0 Å². The summed E-state index contributed by atoms with van der Waals surface area (Å²) in [6, 6.07) is 8.73. The van der Waals surface area contributed by atoms with Gasteiger partial charge in [0, 0.05) is 11.2 Å². The number of hydrogen-bond donors (Lipinski definition) is 0. The van der Waals surface area contributed by atoms with E-state index in [-0.39, 0.29) is 29.6 Å². The highest BCUT2D eigenvalue weighted by molar-refractivity contribution is 6.48. The molecular weight excluding hydrogens is 319 g/mol. The summed E-state index contributed by atoms with van der Waals surface area (Å²) in [7, 11) is -0.188. The Hall–Kier alpha value is -1.58. The van der Waals surface area contributed by atoms with Gasteiger partial charge in [0.05, 0.1) is 11.2 Å². The van der Waals surface area contributed by atoms with E-state index in [1.54, 1.807) is 0 Å². The summed E-state index contributed by atoms with van der Waals surface area (Å²) in [5.74, 6) is 0.247. The van der Waals surface area contributed by atoms with Gasteiger partial charge < -0.3 is 9.31 Å². The van der Waals surface area contributed by atoms with Gasteiger partial charge in [-0.25, -0.2) is 0 Å². The second-order valence-corrected chi connectivity index (χ2v) is 9.34. The van der Waals surface area contributed by atoms with Crippen molar-refractivity contribution in [3.05, 3.63) is 64.8 Å². The summed E-state index contributed by atoms with van der Waals surface area (Å²) >= 11 is 0. The molecule has 0 aromatic heterocycles. The van der Waals surface area contributed by atoms with Gasteiger partial charge in [-0.3, -0.25) is 0 Å². The van der Waals surface area contributed by atoms with Crippen molar-refractivity contribution >= 4 is 13.2 Å². The van der Waals surface area contributed by atoms with Crippen molar-refractivity contribution in [2.24, 2.45) is 0 Å². The number of fused-ring (bicyclic) bond motifs is 1. The molecule has 3 heteroatoms. The van der Waals surface area contributed by atoms with E-state index >= 15 is 0 Å². The average molecular weight is 348 g/mol. The molecular formula is C23H29BO2. The predicted octanol–water partition coefficient (Wildman–Crippen LogP) is 5.71. The van der Waals surface area contributed by atoms with Crippen LogP contribution in [0.2, 0.25) is 5.82 Å². The first-order valence-electron chi connectivity index (χ1n) is 9.67. The zero-order valence-corrected chi connectivity index (χ0v) is 16.8. The monoisotopic (exact) mass is 348 g/mol. The summed E-state index contributed by atoms with van der Waals surface area (Å²) < 4.78 is 12.6. The summed E-state index contributed by atoms with van der Waals surface area (Å²) in [6.07, 6.45) is 10.00. The molecule has 1 heterocycles. The zero-order chi connectivity index (χ0) is 18.7. The average Bonchev–Trinajstić information content (AvgIpc) is 2.97. The number of allylic oxidation sites excluding steroid dienone is 5. The molecule has 0 saturated carbocycles. The van der Waals surface area contributed by atoms with Gasteiger partial charge in [-0.05, 0) is 56.4 Å². The fourth-order valence-electron chi connectivity index (χ4n) is 4.32. The van der Waals surface area contributed by atoms with E-state index in [1.165, 1.54) is 22.3 Å². The van der Waals surface area contributed by atoms with E-state index in [0.29, 0.717) is 0 Å². The Bertz CT molecular complexity index is 810. The summed E-state index contributed by atoms with van der Waals surface area (Å²) in [6.45, 7) is 13.1. The van der Waals surface area contributed by atoms with Crippen LogP contribution in [0.3, 0.4) is 0 Å². The maximum atomic E-state index is 6.31. The quantitative estimate of drug-likeness (QED) is 0.637. The van der Waals surface area contributed by atoms with Gasteiger partial charge in [0.15, 0.2) is 0 Å². The molecule has 1 unspecified atom stereocenters. The molecule has 1 aromatic rings. The van der Waals surface area contributed by atoms with Crippen LogP contribution in [0.1, 0.15) is 59.1 Å². The van der Waals surface area contributed by atoms with Gasteiger partial charge in [0.1, 0.15) is 0 Å². The predicted molar refractivity (Wildman–Crippen MR) is 109 cm³/mol. The van der Waals surface area contributed by atoms with E-state index < -0.39 is 0 Å². The van der Waals surface area contributed by atoms with Crippen molar-refractivity contribution in [1.82, 2.24) is 0 Å². The molecule has 1 aliphatic heterocycles. The maximum Gasteiger partial charge on any atom is 0.465 e. The molecule has 1 saturated heterocycles. The fourth-order valence-corrected chi connectivity index (χ4v) is 4.32. The van der Waals surface area contributed by atoms with Crippen LogP contribution in [-0.2, 0) is 14.7 Å². The van der Waals surface area contributed by atoms with Gasteiger partial charge in [-0.2, -0.15) is 0 Å². The normalized spacial score (nSPS) is 27.9. The zero-order valence-electron chi connectivity index (χ0n) is 16.8. The molecule has 1 atom stereocenters. The minimum absolute atomic E-state index is 0.0358. The molecule has 0 spiro atoms. The summed E-state index contributed by atoms with van der Waals surface area (Å²) in [5.41, 5.74) is 5.05. The summed E-state index contributed by atoms with van der Waals surface area (Å²) in [5, 5.41) is 0. The smallest absolute Gasteiger partial charge is 0.403 e. The molecule has 0 amide bonds. The molecule has 0 radical (unpaired) electrons. The lowest BCUT2D eigenvalue weighted by atomic mass is 9.65. The highest BCUT2D eigenvalue weighted by Crippen LogP contribution is 2.49. The highest BCUT2D eigenvalue weighted by Gasteiger charge is 2.53. The van der Waals surface area contributed by atoms with E-state index in [9.17, 15) is 0 Å². The Kier molecular flexibility index (Phi) is 3.91. The molecule has 2 aliphatic carbocycles. The summed E-state index contributed by atoms with van der Waals surface area (Å²) in [4.78, 5) is 0. The van der Waals surface area contributed by atoms with Crippen LogP contribution in [0.25, 0.3) is 6.08 Å². The Morgan fingerprint density at radius 3 is 2.27 bits per heavy atom. The molecule has 4 rings (SSSR count). The van der Waals surface area contributed by atoms with Crippen LogP contribution in [0.4, 0.5) is 0 Å². The molecule has 26 heavy (non-hydrogen) atoms. The second kappa shape index (κ2) is 5.71. The Morgan fingerprint density at radius 2 is 1.62 bits per heavy atom. The third kappa shape index (κ3) is 2.64. The standard InChI is InChI=1S/C23H29BO2/c1-21(2)19-13-8-7-10-17(19)15-20(21)16-11-9-12-18(14-16)24-25-22(3,4)23(5,6)26-24/h7-13,15,18H,14H2,1-6H3. The lowest BCUT2D eigenvalue weighted by Crippen LogP contribution is -2.41. The third-order valence-electron chi connectivity index (χ3n) is 6.69. The van der Waals surface area contributed by atoms with Crippen LogP contribution in [0.15, 0.2) is 53.6 Å². The van der Waals surface area contributed by atoms with Crippen molar-refractivity contribution < 1.29 is 9.31 Å². The Balaban J connectivity index is 1.58. The van der Waals surface area contributed by atoms with Crippen molar-refractivity contribution in [2.75, 3.05) is 0 Å². The highest BCUT2D eigenvalue weighted by atomic mass is 16.7. The lowest BCUT2D eigenvalue weighted by Gasteiger charge is -2.32. The van der Waals surface area contributed by atoms with Crippen molar-refractivity contribution in [2.45, 2.75) is 70.4 Å². The van der Waals surface area contributed by atoms with Crippen molar-refractivity contribution in [3.63, 3.8) is 0 Å². The van der Waals surface area contributed by atoms with Crippen LogP contribution in [0.5, 0.6) is 0 Å². The van der Waals surface area contributed by atoms with Gasteiger partial charge >= 0.3 is 7.12 Å². The molecule has 1 fully saturated rings. The van der Waals surface area contributed by atoms with E-state index in [0.717, 1.165) is 6.42 Å².